The molecule has 29 heavy (non-hydrogen) atoms. The van der Waals surface area contributed by atoms with Gasteiger partial charge in [0, 0.05) is 38.4 Å². The van der Waals surface area contributed by atoms with Gasteiger partial charge in [0.15, 0.2) is 0 Å². The molecule has 1 amide bonds. The molecule has 0 radical (unpaired) electrons. The van der Waals surface area contributed by atoms with Crippen molar-refractivity contribution >= 4 is 11.6 Å². The first-order valence-corrected chi connectivity index (χ1v) is 9.79. The van der Waals surface area contributed by atoms with Gasteiger partial charge in [-0.1, -0.05) is 24.3 Å². The Balaban J connectivity index is 1.27. The van der Waals surface area contributed by atoms with E-state index in [4.69, 9.17) is 4.42 Å². The van der Waals surface area contributed by atoms with E-state index in [-0.39, 0.29) is 5.56 Å². The summed E-state index contributed by atoms with van der Waals surface area (Å²) in [5.74, 6) is 0.0443. The summed E-state index contributed by atoms with van der Waals surface area (Å²) in [4.78, 5) is 17.0. The van der Waals surface area contributed by atoms with Crippen LogP contribution in [0.1, 0.15) is 21.7 Å². The minimum Gasteiger partial charge on any atom is -0.468 e. The average Bonchev–Trinajstić information content (AvgIpc) is 3.24. The van der Waals surface area contributed by atoms with E-state index in [0.717, 1.165) is 45.0 Å². The number of furan rings is 1. The third-order valence-corrected chi connectivity index (χ3v) is 5.16. The summed E-state index contributed by atoms with van der Waals surface area (Å²) in [6.07, 6.45) is 1.72. The molecule has 0 saturated carbocycles. The largest absolute Gasteiger partial charge is 0.468 e. The average molecular weight is 393 g/mol. The van der Waals surface area contributed by atoms with Gasteiger partial charge in [-0.2, -0.15) is 0 Å². The molecule has 150 valence electrons. The lowest BCUT2D eigenvalue weighted by Gasteiger charge is -2.34. The van der Waals surface area contributed by atoms with E-state index in [1.54, 1.807) is 18.4 Å². The number of nitrogens with zero attached hydrogens (tertiary/aromatic N) is 2. The number of nitrogens with one attached hydrogen (secondary N) is 1. The molecule has 1 saturated heterocycles. The van der Waals surface area contributed by atoms with Crippen molar-refractivity contribution in [1.82, 2.24) is 9.80 Å². The molecule has 2 heterocycles. The van der Waals surface area contributed by atoms with Crippen molar-refractivity contribution in [1.29, 1.82) is 0 Å². The quantitative estimate of drug-likeness (QED) is 0.688. The molecule has 5 nitrogen and oxygen atoms in total. The first kappa shape index (κ1) is 19.4. The fraction of sp³-hybridized carbons (Fsp3) is 0.261. The highest BCUT2D eigenvalue weighted by Crippen LogP contribution is 2.16. The molecule has 0 spiro atoms. The molecule has 0 unspecified atom stereocenters. The fourth-order valence-corrected chi connectivity index (χ4v) is 3.52. The molecule has 6 heteroatoms. The number of hydrogen-bond acceptors (Lipinski definition) is 4. The van der Waals surface area contributed by atoms with Crippen LogP contribution in [0.3, 0.4) is 0 Å². The molecule has 1 fully saturated rings. The van der Waals surface area contributed by atoms with Crippen LogP contribution in [-0.4, -0.2) is 41.9 Å². The van der Waals surface area contributed by atoms with Gasteiger partial charge >= 0.3 is 0 Å². The second-order valence-electron chi connectivity index (χ2n) is 7.26. The Morgan fingerprint density at radius 3 is 2.24 bits per heavy atom. The van der Waals surface area contributed by atoms with E-state index in [1.807, 2.05) is 36.4 Å². The summed E-state index contributed by atoms with van der Waals surface area (Å²) < 4.78 is 19.2. The van der Waals surface area contributed by atoms with E-state index in [9.17, 15) is 9.18 Å². The Morgan fingerprint density at radius 2 is 1.59 bits per heavy atom. The van der Waals surface area contributed by atoms with E-state index < -0.39 is 11.7 Å². The maximum Gasteiger partial charge on any atom is 0.258 e. The van der Waals surface area contributed by atoms with Crippen molar-refractivity contribution in [2.75, 3.05) is 31.5 Å². The Hall–Kier alpha value is -2.96. The van der Waals surface area contributed by atoms with Crippen molar-refractivity contribution < 1.29 is 13.6 Å². The zero-order valence-corrected chi connectivity index (χ0v) is 16.2. The minimum atomic E-state index is -0.521. The Morgan fingerprint density at radius 1 is 0.897 bits per heavy atom. The third kappa shape index (κ3) is 5.10. The van der Waals surface area contributed by atoms with Crippen LogP contribution >= 0.6 is 0 Å². The van der Waals surface area contributed by atoms with Crippen LogP contribution in [0.5, 0.6) is 0 Å². The van der Waals surface area contributed by atoms with Crippen LogP contribution in [0.15, 0.2) is 71.3 Å². The first-order valence-electron chi connectivity index (χ1n) is 9.79. The molecular formula is C23H24FN3O2. The van der Waals surface area contributed by atoms with Gasteiger partial charge in [0.25, 0.3) is 5.91 Å². The predicted molar refractivity (Wildman–Crippen MR) is 110 cm³/mol. The molecular weight excluding hydrogens is 369 g/mol. The monoisotopic (exact) mass is 393 g/mol. The van der Waals surface area contributed by atoms with Crippen LogP contribution in [0.25, 0.3) is 0 Å². The summed E-state index contributed by atoms with van der Waals surface area (Å²) in [5, 5.41) is 2.75. The maximum absolute atomic E-state index is 13.7. The number of anilines is 1. The lowest BCUT2D eigenvalue weighted by Crippen LogP contribution is -2.45. The van der Waals surface area contributed by atoms with E-state index in [0.29, 0.717) is 5.69 Å². The van der Waals surface area contributed by atoms with E-state index >= 15 is 0 Å². The molecule has 2 aromatic carbocycles. The van der Waals surface area contributed by atoms with Gasteiger partial charge in [-0.05, 0) is 42.0 Å². The molecule has 1 aromatic heterocycles. The van der Waals surface area contributed by atoms with Crippen LogP contribution in [0, 0.1) is 5.82 Å². The summed E-state index contributed by atoms with van der Waals surface area (Å²) in [6.45, 7) is 5.77. The number of amides is 1. The third-order valence-electron chi connectivity index (χ3n) is 5.16. The number of carbonyl (C=O) groups excluding carboxylic acids is 1. The molecule has 1 aliphatic heterocycles. The molecule has 1 N–H and O–H groups in total. The van der Waals surface area contributed by atoms with Crippen LogP contribution < -0.4 is 5.32 Å². The smallest absolute Gasteiger partial charge is 0.258 e. The predicted octanol–water partition coefficient (Wildman–Crippen LogP) is 3.99. The van der Waals surface area contributed by atoms with Gasteiger partial charge in [-0.25, -0.2) is 4.39 Å². The van der Waals surface area contributed by atoms with Gasteiger partial charge in [-0.3, -0.25) is 14.6 Å². The maximum atomic E-state index is 13.7. The number of piperazine rings is 1. The van der Waals surface area contributed by atoms with Crippen molar-refractivity contribution in [2.24, 2.45) is 0 Å². The summed E-state index contributed by atoms with van der Waals surface area (Å²) in [7, 11) is 0. The number of hydrogen-bond donors (Lipinski definition) is 1. The van der Waals surface area contributed by atoms with Crippen molar-refractivity contribution in [2.45, 2.75) is 13.1 Å². The molecule has 4 rings (SSSR count). The highest BCUT2D eigenvalue weighted by molar-refractivity contribution is 6.04. The zero-order valence-electron chi connectivity index (χ0n) is 16.2. The second kappa shape index (κ2) is 9.03. The van der Waals surface area contributed by atoms with Gasteiger partial charge < -0.3 is 9.73 Å². The van der Waals surface area contributed by atoms with Gasteiger partial charge in [0.1, 0.15) is 11.6 Å². The zero-order chi connectivity index (χ0) is 20.1. The SMILES string of the molecule is O=C(Nc1ccc(CN2CCN(Cc3ccco3)CC2)cc1)c1ccccc1F. The van der Waals surface area contributed by atoms with Crippen molar-refractivity contribution in [3.05, 3.63) is 89.6 Å². The molecule has 3 aromatic rings. The summed E-state index contributed by atoms with van der Waals surface area (Å²) in [5.41, 5.74) is 1.89. The Bertz CT molecular complexity index is 933. The lowest BCUT2D eigenvalue weighted by molar-refractivity contribution is 0.102. The summed E-state index contributed by atoms with van der Waals surface area (Å²) >= 11 is 0. The lowest BCUT2D eigenvalue weighted by atomic mass is 10.1. The number of carbonyl (C=O) groups is 1. The Kier molecular flexibility index (Phi) is 6.03. The minimum absolute atomic E-state index is 0.0454. The summed E-state index contributed by atoms with van der Waals surface area (Å²) in [6, 6.07) is 17.7. The van der Waals surface area contributed by atoms with Crippen molar-refractivity contribution in [3.63, 3.8) is 0 Å². The first-order chi connectivity index (χ1) is 14.2. The molecule has 0 bridgehead atoms. The van der Waals surface area contributed by atoms with Crippen LogP contribution in [-0.2, 0) is 13.1 Å². The topological polar surface area (TPSA) is 48.7 Å². The van der Waals surface area contributed by atoms with Gasteiger partial charge in [-0.15, -0.1) is 0 Å². The molecule has 0 atom stereocenters. The second-order valence-corrected chi connectivity index (χ2v) is 7.26. The Labute approximate surface area is 169 Å². The molecule has 0 aliphatic carbocycles. The highest BCUT2D eigenvalue weighted by Gasteiger charge is 2.18. The van der Waals surface area contributed by atoms with Gasteiger partial charge in [0.2, 0.25) is 0 Å². The number of halogens is 1. The molecule has 1 aliphatic rings. The normalized spacial score (nSPS) is 15.3. The van der Waals surface area contributed by atoms with Crippen LogP contribution in [0.2, 0.25) is 0 Å². The highest BCUT2D eigenvalue weighted by atomic mass is 19.1. The van der Waals surface area contributed by atoms with E-state index in [2.05, 4.69) is 15.1 Å². The standard InChI is InChI=1S/C23H24FN3O2/c24-22-6-2-1-5-21(22)23(28)25-19-9-7-18(8-10-19)16-26-11-13-27(14-12-26)17-20-4-3-15-29-20/h1-10,15H,11-14,16-17H2,(H,25,28). The van der Waals surface area contributed by atoms with Gasteiger partial charge in [0.05, 0.1) is 18.4 Å². The number of benzene rings is 2. The van der Waals surface area contributed by atoms with Crippen molar-refractivity contribution in [3.8, 4) is 0 Å². The van der Waals surface area contributed by atoms with Crippen LogP contribution in [0.4, 0.5) is 10.1 Å². The number of rotatable bonds is 6. The van der Waals surface area contributed by atoms with E-state index in [1.165, 1.54) is 17.7 Å². The fourth-order valence-electron chi connectivity index (χ4n) is 3.52.